The van der Waals surface area contributed by atoms with E-state index in [1.54, 1.807) is 7.05 Å². The van der Waals surface area contributed by atoms with Crippen molar-refractivity contribution in [3.05, 3.63) is 15.9 Å². The van der Waals surface area contributed by atoms with E-state index in [9.17, 15) is 4.79 Å². The van der Waals surface area contributed by atoms with E-state index in [0.717, 1.165) is 48.2 Å². The predicted octanol–water partition coefficient (Wildman–Crippen LogP) is 1.59. The van der Waals surface area contributed by atoms with Gasteiger partial charge in [0.25, 0.3) is 0 Å². The fourth-order valence-electron chi connectivity index (χ4n) is 2.69. The van der Waals surface area contributed by atoms with Crippen molar-refractivity contribution >= 4 is 21.8 Å². The maximum atomic E-state index is 12.0. The molecule has 1 aliphatic rings. The molecular formula is C13H21BrN4O. The second-order valence-electron chi connectivity index (χ2n) is 5.07. The Balaban J connectivity index is 2.17. The van der Waals surface area contributed by atoms with Gasteiger partial charge in [0.2, 0.25) is 5.91 Å². The van der Waals surface area contributed by atoms with E-state index < -0.39 is 0 Å². The average Bonchev–Trinajstić information content (AvgIpc) is 2.65. The van der Waals surface area contributed by atoms with Crippen LogP contribution in [0.4, 0.5) is 0 Å². The lowest BCUT2D eigenvalue weighted by atomic mass is 10.0. The van der Waals surface area contributed by atoms with Gasteiger partial charge in [-0.1, -0.05) is 6.42 Å². The molecule has 0 saturated carbocycles. The molecule has 1 aromatic rings. The number of aryl methyl sites for hydroxylation is 2. The molecule has 5 nitrogen and oxygen atoms in total. The fraction of sp³-hybridized carbons (Fsp3) is 0.692. The molecule has 0 spiro atoms. The van der Waals surface area contributed by atoms with Crippen LogP contribution in [0.3, 0.4) is 0 Å². The molecule has 1 aliphatic heterocycles. The zero-order valence-electron chi connectivity index (χ0n) is 11.7. The number of nitrogens with one attached hydrogen (secondary N) is 1. The lowest BCUT2D eigenvalue weighted by molar-refractivity contribution is -0.127. The number of likely N-dealkylation sites (N-methyl/N-ethyl adjacent to an activating group) is 1. The number of amides is 1. The summed E-state index contributed by atoms with van der Waals surface area (Å²) in [6.07, 6.45) is 3.22. The Morgan fingerprint density at radius 3 is 2.84 bits per heavy atom. The highest BCUT2D eigenvalue weighted by atomic mass is 79.9. The minimum Gasteiger partial charge on any atom is -0.358 e. The Kier molecular flexibility index (Phi) is 4.62. The minimum absolute atomic E-state index is 0.0131. The summed E-state index contributed by atoms with van der Waals surface area (Å²) in [6.45, 7) is 3.71. The smallest absolute Gasteiger partial charge is 0.237 e. The van der Waals surface area contributed by atoms with Gasteiger partial charge < -0.3 is 5.32 Å². The summed E-state index contributed by atoms with van der Waals surface area (Å²) in [4.78, 5) is 14.2. The van der Waals surface area contributed by atoms with Crippen LogP contribution in [0, 0.1) is 6.92 Å². The normalized spacial score (nSPS) is 20.5. The molecular weight excluding hydrogens is 308 g/mol. The Morgan fingerprint density at radius 2 is 2.26 bits per heavy atom. The van der Waals surface area contributed by atoms with Crippen molar-refractivity contribution in [2.45, 2.75) is 38.8 Å². The summed E-state index contributed by atoms with van der Waals surface area (Å²) in [5.41, 5.74) is 2.12. The van der Waals surface area contributed by atoms with Crippen molar-refractivity contribution in [3.8, 4) is 0 Å². The molecule has 19 heavy (non-hydrogen) atoms. The highest BCUT2D eigenvalue weighted by Crippen LogP contribution is 2.25. The second-order valence-corrected chi connectivity index (χ2v) is 5.86. The van der Waals surface area contributed by atoms with Crippen LogP contribution in [-0.2, 0) is 18.4 Å². The number of aromatic nitrogens is 2. The van der Waals surface area contributed by atoms with Crippen LogP contribution < -0.4 is 5.32 Å². The van der Waals surface area contributed by atoms with Crippen molar-refractivity contribution in [2.24, 2.45) is 7.05 Å². The van der Waals surface area contributed by atoms with E-state index in [4.69, 9.17) is 0 Å². The number of carbonyl (C=O) groups is 1. The third-order valence-corrected chi connectivity index (χ3v) is 4.81. The SMILES string of the molecule is CNC(=O)C1CCCCN1Cc1c(Br)c(C)nn1C. The van der Waals surface area contributed by atoms with Crippen LogP contribution >= 0.6 is 15.9 Å². The van der Waals surface area contributed by atoms with Crippen molar-refractivity contribution in [1.29, 1.82) is 0 Å². The van der Waals surface area contributed by atoms with Gasteiger partial charge in [-0.3, -0.25) is 14.4 Å². The van der Waals surface area contributed by atoms with E-state index in [0.29, 0.717) is 0 Å². The topological polar surface area (TPSA) is 50.2 Å². The zero-order chi connectivity index (χ0) is 14.0. The van der Waals surface area contributed by atoms with Crippen LogP contribution in [0.1, 0.15) is 30.7 Å². The van der Waals surface area contributed by atoms with Gasteiger partial charge >= 0.3 is 0 Å². The third kappa shape index (κ3) is 3.00. The molecule has 0 bridgehead atoms. The number of halogens is 1. The lowest BCUT2D eigenvalue weighted by Crippen LogP contribution is -2.48. The maximum Gasteiger partial charge on any atom is 0.237 e. The second kappa shape index (κ2) is 6.05. The zero-order valence-corrected chi connectivity index (χ0v) is 13.3. The first kappa shape index (κ1) is 14.5. The van der Waals surface area contributed by atoms with Gasteiger partial charge in [0, 0.05) is 20.6 Å². The van der Waals surface area contributed by atoms with E-state index in [1.807, 2.05) is 18.7 Å². The number of nitrogens with zero attached hydrogens (tertiary/aromatic N) is 3. The van der Waals surface area contributed by atoms with E-state index >= 15 is 0 Å². The molecule has 6 heteroatoms. The maximum absolute atomic E-state index is 12.0. The van der Waals surface area contributed by atoms with Gasteiger partial charge in [-0.15, -0.1) is 0 Å². The molecule has 1 amide bonds. The molecule has 2 rings (SSSR count). The lowest BCUT2D eigenvalue weighted by Gasteiger charge is -2.34. The summed E-state index contributed by atoms with van der Waals surface area (Å²) < 4.78 is 2.95. The summed E-state index contributed by atoms with van der Waals surface area (Å²) >= 11 is 3.59. The molecule has 1 saturated heterocycles. The molecule has 1 unspecified atom stereocenters. The molecule has 2 heterocycles. The Morgan fingerprint density at radius 1 is 1.53 bits per heavy atom. The Hall–Kier alpha value is -0.880. The number of hydrogen-bond donors (Lipinski definition) is 1. The van der Waals surface area contributed by atoms with Crippen LogP contribution in [0.25, 0.3) is 0 Å². The van der Waals surface area contributed by atoms with E-state index in [-0.39, 0.29) is 11.9 Å². The average molecular weight is 329 g/mol. The Bertz CT molecular complexity index is 471. The van der Waals surface area contributed by atoms with Crippen LogP contribution in [0.5, 0.6) is 0 Å². The summed E-state index contributed by atoms with van der Waals surface area (Å²) in [6, 6.07) is -0.0131. The van der Waals surface area contributed by atoms with Crippen LogP contribution in [0.2, 0.25) is 0 Å². The first-order valence-corrected chi connectivity index (χ1v) is 7.47. The standard InChI is InChI=1S/C13H21BrN4O/c1-9-12(14)11(17(3)16-9)8-18-7-5-4-6-10(18)13(19)15-2/h10H,4-8H2,1-3H3,(H,15,19). The van der Waals surface area contributed by atoms with Gasteiger partial charge in [-0.05, 0) is 42.2 Å². The third-order valence-electron chi connectivity index (χ3n) is 3.78. The predicted molar refractivity (Wildman–Crippen MR) is 77.8 cm³/mol. The van der Waals surface area contributed by atoms with Crippen LogP contribution in [-0.4, -0.2) is 40.2 Å². The number of rotatable bonds is 3. The van der Waals surface area contributed by atoms with Crippen molar-refractivity contribution in [1.82, 2.24) is 20.0 Å². The first-order chi connectivity index (χ1) is 9.04. The van der Waals surface area contributed by atoms with Gasteiger partial charge in [0.15, 0.2) is 0 Å². The van der Waals surface area contributed by atoms with Crippen molar-refractivity contribution in [3.63, 3.8) is 0 Å². The highest BCUT2D eigenvalue weighted by Gasteiger charge is 2.29. The van der Waals surface area contributed by atoms with E-state index in [2.05, 4.69) is 31.2 Å². The molecule has 106 valence electrons. The highest BCUT2D eigenvalue weighted by molar-refractivity contribution is 9.10. The summed E-state index contributed by atoms with van der Waals surface area (Å²) in [7, 11) is 3.66. The van der Waals surface area contributed by atoms with Gasteiger partial charge in [-0.2, -0.15) is 5.10 Å². The van der Waals surface area contributed by atoms with Gasteiger partial charge in [-0.25, -0.2) is 0 Å². The molecule has 0 aromatic carbocycles. The number of piperidine rings is 1. The summed E-state index contributed by atoms with van der Waals surface area (Å²) in [5, 5.41) is 7.18. The van der Waals surface area contributed by atoms with Crippen molar-refractivity contribution < 1.29 is 4.79 Å². The van der Waals surface area contributed by atoms with Gasteiger partial charge in [0.1, 0.15) is 0 Å². The molecule has 0 radical (unpaired) electrons. The first-order valence-electron chi connectivity index (χ1n) is 6.68. The largest absolute Gasteiger partial charge is 0.358 e. The number of hydrogen-bond acceptors (Lipinski definition) is 3. The fourth-order valence-corrected chi connectivity index (χ4v) is 3.15. The van der Waals surface area contributed by atoms with E-state index in [1.165, 1.54) is 0 Å². The minimum atomic E-state index is -0.0131. The Labute approximate surface area is 122 Å². The molecule has 1 N–H and O–H groups in total. The molecule has 1 aromatic heterocycles. The number of likely N-dealkylation sites (tertiary alicyclic amines) is 1. The number of carbonyl (C=O) groups excluding carboxylic acids is 1. The summed E-state index contributed by atoms with van der Waals surface area (Å²) in [5.74, 6) is 0.120. The van der Waals surface area contributed by atoms with Crippen molar-refractivity contribution in [2.75, 3.05) is 13.6 Å². The van der Waals surface area contributed by atoms with Gasteiger partial charge in [0.05, 0.1) is 21.9 Å². The molecule has 1 atom stereocenters. The monoisotopic (exact) mass is 328 g/mol. The van der Waals surface area contributed by atoms with Crippen LogP contribution in [0.15, 0.2) is 4.47 Å². The molecule has 1 fully saturated rings. The quantitative estimate of drug-likeness (QED) is 0.916. The molecule has 0 aliphatic carbocycles.